The van der Waals surface area contributed by atoms with Gasteiger partial charge in [0.05, 0.1) is 5.56 Å². The van der Waals surface area contributed by atoms with Crippen molar-refractivity contribution in [2.24, 2.45) is 0 Å². The Hall–Kier alpha value is -1.98. The Morgan fingerprint density at radius 2 is 1.44 bits per heavy atom. The lowest BCUT2D eigenvalue weighted by molar-refractivity contribution is 0.0717. The minimum atomic E-state index is -0.0357. The third kappa shape index (κ3) is 4.17. The molecular formula is C19H19ClN2O2S. The molecule has 6 heteroatoms. The summed E-state index contributed by atoms with van der Waals surface area (Å²) in [6, 6.07) is 14.2. The smallest absolute Gasteiger partial charge is 0.255 e. The van der Waals surface area contributed by atoms with Gasteiger partial charge in [0.15, 0.2) is 0 Å². The molecule has 0 radical (unpaired) electrons. The standard InChI is InChI=1S/C19H19ClN2O2S/c20-15-8-6-14(7-9-15)18(23)21-10-3-11-22(13-12-21)19(24)16-4-1-2-5-17(16)25/h1-2,4-9,25H,3,10-13H2. The molecule has 1 fully saturated rings. The van der Waals surface area contributed by atoms with Crippen LogP contribution in [-0.2, 0) is 0 Å². The number of hydrogen-bond acceptors (Lipinski definition) is 3. The highest BCUT2D eigenvalue weighted by atomic mass is 35.5. The summed E-state index contributed by atoms with van der Waals surface area (Å²) in [5, 5.41) is 0.606. The second-order valence-electron chi connectivity index (χ2n) is 5.96. The molecule has 25 heavy (non-hydrogen) atoms. The zero-order valence-electron chi connectivity index (χ0n) is 13.7. The largest absolute Gasteiger partial charge is 0.337 e. The fourth-order valence-corrected chi connectivity index (χ4v) is 3.31. The monoisotopic (exact) mass is 374 g/mol. The number of halogens is 1. The zero-order valence-corrected chi connectivity index (χ0v) is 15.3. The molecule has 4 nitrogen and oxygen atoms in total. The number of nitrogens with zero attached hydrogens (tertiary/aromatic N) is 2. The lowest BCUT2D eigenvalue weighted by Crippen LogP contribution is -2.37. The van der Waals surface area contributed by atoms with Gasteiger partial charge in [0, 0.05) is 41.7 Å². The van der Waals surface area contributed by atoms with E-state index in [9.17, 15) is 9.59 Å². The van der Waals surface area contributed by atoms with Crippen molar-refractivity contribution < 1.29 is 9.59 Å². The molecule has 0 saturated carbocycles. The second kappa shape index (κ2) is 7.93. The van der Waals surface area contributed by atoms with Gasteiger partial charge in [0.2, 0.25) is 0 Å². The number of benzene rings is 2. The van der Waals surface area contributed by atoms with Crippen LogP contribution in [0.4, 0.5) is 0 Å². The fourth-order valence-electron chi connectivity index (χ4n) is 2.92. The summed E-state index contributed by atoms with van der Waals surface area (Å²) < 4.78 is 0. The van der Waals surface area contributed by atoms with Gasteiger partial charge in [-0.1, -0.05) is 23.7 Å². The summed E-state index contributed by atoms with van der Waals surface area (Å²) in [5.41, 5.74) is 1.22. The van der Waals surface area contributed by atoms with Crippen LogP contribution in [0.25, 0.3) is 0 Å². The Balaban J connectivity index is 1.68. The van der Waals surface area contributed by atoms with Gasteiger partial charge in [-0.05, 0) is 42.8 Å². The van der Waals surface area contributed by atoms with Crippen molar-refractivity contribution in [1.82, 2.24) is 9.80 Å². The Bertz CT molecular complexity index is 779. The summed E-state index contributed by atoms with van der Waals surface area (Å²) in [5.74, 6) is -0.0630. The summed E-state index contributed by atoms with van der Waals surface area (Å²) in [6.45, 7) is 2.29. The normalized spacial score (nSPS) is 15.0. The van der Waals surface area contributed by atoms with E-state index in [2.05, 4.69) is 12.6 Å². The van der Waals surface area contributed by atoms with Crippen LogP contribution in [0.2, 0.25) is 5.02 Å². The molecule has 0 aromatic heterocycles. The van der Waals surface area contributed by atoms with Crippen molar-refractivity contribution in [3.05, 3.63) is 64.7 Å². The molecule has 0 N–H and O–H groups in total. The molecule has 1 aliphatic rings. The van der Waals surface area contributed by atoms with Gasteiger partial charge in [-0.15, -0.1) is 12.6 Å². The molecule has 1 aliphatic heterocycles. The van der Waals surface area contributed by atoms with E-state index < -0.39 is 0 Å². The van der Waals surface area contributed by atoms with Crippen LogP contribution in [0.5, 0.6) is 0 Å². The zero-order chi connectivity index (χ0) is 17.8. The van der Waals surface area contributed by atoms with Crippen molar-refractivity contribution in [3.63, 3.8) is 0 Å². The maximum absolute atomic E-state index is 12.7. The molecule has 1 saturated heterocycles. The molecule has 0 atom stereocenters. The fraction of sp³-hybridized carbons (Fsp3) is 0.263. The topological polar surface area (TPSA) is 40.6 Å². The van der Waals surface area contributed by atoms with Crippen LogP contribution in [-0.4, -0.2) is 47.8 Å². The molecule has 2 aromatic rings. The first-order valence-electron chi connectivity index (χ1n) is 8.18. The summed E-state index contributed by atoms with van der Waals surface area (Å²) in [6.07, 6.45) is 0.750. The van der Waals surface area contributed by atoms with Crippen LogP contribution >= 0.6 is 24.2 Å². The average Bonchev–Trinajstić information content (AvgIpc) is 2.88. The van der Waals surface area contributed by atoms with Crippen LogP contribution < -0.4 is 0 Å². The molecule has 1 heterocycles. The first-order chi connectivity index (χ1) is 12.1. The van der Waals surface area contributed by atoms with Crippen LogP contribution in [0.15, 0.2) is 53.4 Å². The number of carbonyl (C=O) groups excluding carboxylic acids is 2. The number of amides is 2. The maximum Gasteiger partial charge on any atom is 0.255 e. The first kappa shape index (κ1) is 17.8. The molecule has 2 aromatic carbocycles. The maximum atomic E-state index is 12.7. The van der Waals surface area contributed by atoms with Crippen LogP contribution in [0.1, 0.15) is 27.1 Å². The molecule has 0 bridgehead atoms. The summed E-state index contributed by atoms with van der Waals surface area (Å²) in [7, 11) is 0. The highest BCUT2D eigenvalue weighted by molar-refractivity contribution is 7.80. The van der Waals surface area contributed by atoms with Gasteiger partial charge in [0.1, 0.15) is 0 Å². The Kier molecular flexibility index (Phi) is 5.66. The minimum absolute atomic E-state index is 0.0273. The van der Waals surface area contributed by atoms with E-state index in [0.717, 1.165) is 6.42 Å². The summed E-state index contributed by atoms with van der Waals surface area (Å²) >= 11 is 10.2. The van der Waals surface area contributed by atoms with Gasteiger partial charge in [-0.3, -0.25) is 9.59 Å². The SMILES string of the molecule is O=C(c1ccc(Cl)cc1)N1CCCN(C(=O)c2ccccc2S)CC1. The van der Waals surface area contributed by atoms with E-state index in [1.807, 2.05) is 18.2 Å². The number of rotatable bonds is 2. The van der Waals surface area contributed by atoms with E-state index in [4.69, 9.17) is 11.6 Å². The van der Waals surface area contributed by atoms with Gasteiger partial charge < -0.3 is 9.80 Å². The van der Waals surface area contributed by atoms with E-state index in [1.165, 1.54) is 0 Å². The Morgan fingerprint density at radius 3 is 2.08 bits per heavy atom. The molecule has 0 aliphatic carbocycles. The number of thiol groups is 1. The van der Waals surface area contributed by atoms with Crippen molar-refractivity contribution >= 4 is 36.0 Å². The molecule has 2 amide bonds. The van der Waals surface area contributed by atoms with E-state index >= 15 is 0 Å². The van der Waals surface area contributed by atoms with Gasteiger partial charge in [-0.25, -0.2) is 0 Å². The molecule has 130 valence electrons. The third-order valence-corrected chi connectivity index (χ3v) is 4.94. The molecule has 3 rings (SSSR count). The number of carbonyl (C=O) groups is 2. The molecular weight excluding hydrogens is 356 g/mol. The van der Waals surface area contributed by atoms with Gasteiger partial charge in [-0.2, -0.15) is 0 Å². The van der Waals surface area contributed by atoms with Crippen molar-refractivity contribution in [1.29, 1.82) is 0 Å². The van der Waals surface area contributed by atoms with Gasteiger partial charge >= 0.3 is 0 Å². The third-order valence-electron chi connectivity index (χ3n) is 4.30. The minimum Gasteiger partial charge on any atom is -0.337 e. The predicted octanol–water partition coefficient (Wildman–Crippen LogP) is 3.62. The Morgan fingerprint density at radius 1 is 0.840 bits per heavy atom. The van der Waals surface area contributed by atoms with Crippen LogP contribution in [0, 0.1) is 0 Å². The second-order valence-corrected chi connectivity index (χ2v) is 6.88. The highest BCUT2D eigenvalue weighted by Crippen LogP contribution is 2.18. The first-order valence-corrected chi connectivity index (χ1v) is 9.01. The van der Waals surface area contributed by atoms with Crippen molar-refractivity contribution in [2.75, 3.05) is 26.2 Å². The average molecular weight is 375 g/mol. The van der Waals surface area contributed by atoms with Gasteiger partial charge in [0.25, 0.3) is 11.8 Å². The quantitative estimate of drug-likeness (QED) is 0.816. The highest BCUT2D eigenvalue weighted by Gasteiger charge is 2.24. The number of hydrogen-bond donors (Lipinski definition) is 1. The van der Waals surface area contributed by atoms with E-state index in [-0.39, 0.29) is 11.8 Å². The molecule has 0 spiro atoms. The van der Waals surface area contributed by atoms with E-state index in [1.54, 1.807) is 40.1 Å². The van der Waals surface area contributed by atoms with Crippen LogP contribution in [0.3, 0.4) is 0 Å². The van der Waals surface area contributed by atoms with Crippen molar-refractivity contribution in [3.8, 4) is 0 Å². The lowest BCUT2D eigenvalue weighted by Gasteiger charge is -2.22. The Labute approximate surface area is 157 Å². The predicted molar refractivity (Wildman–Crippen MR) is 102 cm³/mol. The summed E-state index contributed by atoms with van der Waals surface area (Å²) in [4.78, 5) is 29.6. The van der Waals surface area contributed by atoms with E-state index in [0.29, 0.717) is 47.2 Å². The lowest BCUT2D eigenvalue weighted by atomic mass is 10.2. The van der Waals surface area contributed by atoms with Crippen molar-refractivity contribution in [2.45, 2.75) is 11.3 Å². The molecule has 0 unspecified atom stereocenters.